The third kappa shape index (κ3) is 3.25. The standard InChI is InChI=1S/C20H21N5O2/c26-19-12-15(25-8-7-21-24-25)3-4-17(19)18-5-6-20(23-22-18)27-16-10-13-1-2-14(9-13)11-16/h3-8,12-14,16,26H,1-2,9-11H2/t13-,14+,16+. The van der Waals surface area contributed by atoms with Gasteiger partial charge >= 0.3 is 0 Å². The van der Waals surface area contributed by atoms with Crippen LogP contribution in [0.3, 0.4) is 0 Å². The van der Waals surface area contributed by atoms with Crippen LogP contribution in [0.1, 0.15) is 32.1 Å². The first-order chi connectivity index (χ1) is 13.2. The minimum Gasteiger partial charge on any atom is -0.507 e. The molecule has 0 unspecified atom stereocenters. The molecule has 3 atom stereocenters. The van der Waals surface area contributed by atoms with Crippen molar-refractivity contribution in [3.05, 3.63) is 42.7 Å². The molecule has 0 aliphatic heterocycles. The maximum Gasteiger partial charge on any atom is 0.233 e. The van der Waals surface area contributed by atoms with Gasteiger partial charge in [0.2, 0.25) is 5.88 Å². The van der Waals surface area contributed by atoms with Gasteiger partial charge in [-0.15, -0.1) is 15.3 Å². The van der Waals surface area contributed by atoms with Gasteiger partial charge in [-0.25, -0.2) is 4.68 Å². The fraction of sp³-hybridized carbons (Fsp3) is 0.400. The highest BCUT2D eigenvalue weighted by atomic mass is 16.5. The number of nitrogens with zero attached hydrogens (tertiary/aromatic N) is 5. The lowest BCUT2D eigenvalue weighted by atomic mass is 9.87. The zero-order valence-electron chi connectivity index (χ0n) is 14.9. The molecule has 2 saturated carbocycles. The number of rotatable bonds is 4. The second-order valence-corrected chi connectivity index (χ2v) is 7.56. The Kier molecular flexibility index (Phi) is 3.99. The van der Waals surface area contributed by atoms with Crippen molar-refractivity contribution in [1.82, 2.24) is 25.2 Å². The van der Waals surface area contributed by atoms with E-state index in [0.717, 1.165) is 30.4 Å². The van der Waals surface area contributed by atoms with Crippen LogP contribution >= 0.6 is 0 Å². The van der Waals surface area contributed by atoms with Crippen molar-refractivity contribution < 1.29 is 9.84 Å². The average Bonchev–Trinajstić information content (AvgIpc) is 3.32. The Hall–Kier alpha value is -2.96. The molecule has 2 aliphatic carbocycles. The maximum atomic E-state index is 10.4. The minimum absolute atomic E-state index is 0.120. The normalized spacial score (nSPS) is 24.1. The second kappa shape index (κ2) is 6.64. The molecule has 3 aromatic rings. The van der Waals surface area contributed by atoms with E-state index < -0.39 is 0 Å². The van der Waals surface area contributed by atoms with Crippen LogP contribution in [0.25, 0.3) is 16.9 Å². The molecule has 0 amide bonds. The first kappa shape index (κ1) is 16.2. The van der Waals surface area contributed by atoms with Crippen LogP contribution in [0.4, 0.5) is 0 Å². The predicted molar refractivity (Wildman–Crippen MR) is 98.5 cm³/mol. The van der Waals surface area contributed by atoms with E-state index in [4.69, 9.17) is 4.74 Å². The van der Waals surface area contributed by atoms with Crippen molar-refractivity contribution in [1.29, 1.82) is 0 Å². The summed E-state index contributed by atoms with van der Waals surface area (Å²) in [5.74, 6) is 2.32. The van der Waals surface area contributed by atoms with Crippen LogP contribution in [0.15, 0.2) is 42.7 Å². The Balaban J connectivity index is 1.31. The van der Waals surface area contributed by atoms with Gasteiger partial charge in [-0.1, -0.05) is 18.1 Å². The van der Waals surface area contributed by atoms with Crippen LogP contribution in [-0.2, 0) is 0 Å². The summed E-state index contributed by atoms with van der Waals surface area (Å²) in [6, 6.07) is 8.96. The van der Waals surface area contributed by atoms with Crippen molar-refractivity contribution >= 4 is 0 Å². The summed E-state index contributed by atoms with van der Waals surface area (Å²) in [5, 5.41) is 26.6. The van der Waals surface area contributed by atoms with E-state index in [1.54, 1.807) is 29.2 Å². The Bertz CT molecular complexity index is 914. The van der Waals surface area contributed by atoms with Crippen LogP contribution in [0.5, 0.6) is 11.6 Å². The molecule has 7 heteroatoms. The molecule has 7 nitrogen and oxygen atoms in total. The van der Waals surface area contributed by atoms with E-state index in [1.165, 1.54) is 19.3 Å². The number of hydrogen-bond donors (Lipinski definition) is 1. The first-order valence-corrected chi connectivity index (χ1v) is 9.45. The van der Waals surface area contributed by atoms with Crippen LogP contribution < -0.4 is 4.74 Å². The average molecular weight is 363 g/mol. The maximum absolute atomic E-state index is 10.4. The van der Waals surface area contributed by atoms with E-state index in [-0.39, 0.29) is 11.9 Å². The first-order valence-electron chi connectivity index (χ1n) is 9.45. The van der Waals surface area contributed by atoms with Gasteiger partial charge in [0.1, 0.15) is 11.9 Å². The highest BCUT2D eigenvalue weighted by Crippen LogP contribution is 2.43. The van der Waals surface area contributed by atoms with E-state index >= 15 is 0 Å². The van der Waals surface area contributed by atoms with Crippen molar-refractivity contribution in [2.24, 2.45) is 11.8 Å². The summed E-state index contributed by atoms with van der Waals surface area (Å²) in [4.78, 5) is 0. The Morgan fingerprint density at radius 2 is 1.85 bits per heavy atom. The molecule has 1 N–H and O–H groups in total. The number of aromatic hydroxyl groups is 1. The summed E-state index contributed by atoms with van der Waals surface area (Å²) in [6.45, 7) is 0. The molecule has 2 heterocycles. The van der Waals surface area contributed by atoms with Gasteiger partial charge < -0.3 is 9.84 Å². The molecule has 0 saturated heterocycles. The summed E-state index contributed by atoms with van der Waals surface area (Å²) < 4.78 is 7.66. The largest absolute Gasteiger partial charge is 0.507 e. The molecule has 2 aromatic heterocycles. The quantitative estimate of drug-likeness (QED) is 0.765. The number of benzene rings is 1. The van der Waals surface area contributed by atoms with E-state index in [2.05, 4.69) is 20.5 Å². The van der Waals surface area contributed by atoms with Crippen molar-refractivity contribution in [3.8, 4) is 28.6 Å². The molecule has 27 heavy (non-hydrogen) atoms. The zero-order valence-corrected chi connectivity index (χ0v) is 14.9. The third-order valence-corrected chi connectivity index (χ3v) is 5.71. The lowest BCUT2D eigenvalue weighted by molar-refractivity contribution is 0.113. The van der Waals surface area contributed by atoms with Gasteiger partial charge in [0, 0.05) is 17.7 Å². The number of hydrogen-bond acceptors (Lipinski definition) is 6. The van der Waals surface area contributed by atoms with Crippen molar-refractivity contribution in [2.75, 3.05) is 0 Å². The molecule has 138 valence electrons. The van der Waals surface area contributed by atoms with E-state index in [1.807, 2.05) is 18.2 Å². The van der Waals surface area contributed by atoms with Gasteiger partial charge in [-0.2, -0.15) is 0 Å². The SMILES string of the molecule is Oc1cc(-n2ccnn2)ccc1-c1ccc(O[C@H]2C[C@@H]3CC[C@@H](C3)C2)nn1. The molecular formula is C20H21N5O2. The van der Waals surface area contributed by atoms with Crippen LogP contribution in [0, 0.1) is 11.8 Å². The molecule has 5 rings (SSSR count). The third-order valence-electron chi connectivity index (χ3n) is 5.71. The summed E-state index contributed by atoms with van der Waals surface area (Å²) in [7, 11) is 0. The Morgan fingerprint density at radius 1 is 1.00 bits per heavy atom. The fourth-order valence-corrected chi connectivity index (χ4v) is 4.47. The Labute approximate surface area is 157 Å². The van der Waals surface area contributed by atoms with Gasteiger partial charge in [0.25, 0.3) is 0 Å². The number of ether oxygens (including phenoxy) is 1. The van der Waals surface area contributed by atoms with Crippen LogP contribution in [0.2, 0.25) is 0 Å². The van der Waals surface area contributed by atoms with Crippen molar-refractivity contribution in [3.63, 3.8) is 0 Å². The number of phenolic OH excluding ortho intramolecular Hbond substituents is 1. The molecule has 2 bridgehead atoms. The monoisotopic (exact) mass is 363 g/mol. The highest BCUT2D eigenvalue weighted by Gasteiger charge is 2.35. The smallest absolute Gasteiger partial charge is 0.233 e. The number of aromatic nitrogens is 5. The summed E-state index contributed by atoms with van der Waals surface area (Å²) >= 11 is 0. The number of fused-ring (bicyclic) bond motifs is 2. The fourth-order valence-electron chi connectivity index (χ4n) is 4.47. The van der Waals surface area contributed by atoms with Gasteiger partial charge in [0.05, 0.1) is 23.8 Å². The zero-order chi connectivity index (χ0) is 18.2. The minimum atomic E-state index is 0.120. The number of phenols is 1. The van der Waals surface area contributed by atoms with Crippen molar-refractivity contribution in [2.45, 2.75) is 38.2 Å². The van der Waals surface area contributed by atoms with E-state index in [9.17, 15) is 5.11 Å². The molecule has 2 aliphatic rings. The molecule has 1 aromatic carbocycles. The lowest BCUT2D eigenvalue weighted by Gasteiger charge is -2.27. The van der Waals surface area contributed by atoms with Gasteiger partial charge in [-0.3, -0.25) is 0 Å². The lowest BCUT2D eigenvalue weighted by Crippen LogP contribution is -2.26. The molecule has 0 spiro atoms. The predicted octanol–water partition coefficient (Wildman–Crippen LogP) is 3.39. The van der Waals surface area contributed by atoms with Crippen LogP contribution in [-0.4, -0.2) is 36.4 Å². The molecular weight excluding hydrogens is 342 g/mol. The summed E-state index contributed by atoms with van der Waals surface area (Å²) in [5.41, 5.74) is 1.95. The Morgan fingerprint density at radius 3 is 2.52 bits per heavy atom. The van der Waals surface area contributed by atoms with Gasteiger partial charge in [-0.05, 0) is 49.3 Å². The van der Waals surface area contributed by atoms with E-state index in [0.29, 0.717) is 17.1 Å². The summed E-state index contributed by atoms with van der Waals surface area (Å²) in [6.07, 6.45) is 9.89. The second-order valence-electron chi connectivity index (χ2n) is 7.56. The highest BCUT2D eigenvalue weighted by molar-refractivity contribution is 5.68. The molecule has 2 fully saturated rings. The van der Waals surface area contributed by atoms with Gasteiger partial charge in [0.15, 0.2) is 0 Å². The molecule has 0 radical (unpaired) electrons. The topological polar surface area (TPSA) is 86.0 Å².